The normalized spacial score (nSPS) is 20.5. The number of thiazole rings is 1. The fraction of sp³-hybridized carbons (Fsp3) is 0.385. The fourth-order valence-electron chi connectivity index (χ4n) is 4.81. The van der Waals surface area contributed by atoms with E-state index in [2.05, 4.69) is 40.8 Å². The molecular weight excluding hydrogens is 462 g/mol. The molecule has 0 spiro atoms. The second-order valence-corrected chi connectivity index (χ2v) is 10.4. The quantitative estimate of drug-likeness (QED) is 0.585. The number of aromatic carboxylic acids is 1. The van der Waals surface area contributed by atoms with Gasteiger partial charge in [0.15, 0.2) is 0 Å². The number of piperazine rings is 1. The molecule has 0 saturated carbocycles. The predicted molar refractivity (Wildman–Crippen MR) is 136 cm³/mol. The van der Waals surface area contributed by atoms with Gasteiger partial charge in [-0.1, -0.05) is 30.3 Å². The van der Waals surface area contributed by atoms with Crippen LogP contribution in [0.4, 0.5) is 5.82 Å². The number of benzene rings is 1. The molecule has 182 valence electrons. The average Bonchev–Trinajstić information content (AvgIpc) is 3.30. The number of hydrogen-bond donors (Lipinski definition) is 1. The monoisotopic (exact) mass is 491 g/mol. The number of amides is 1. The first-order chi connectivity index (χ1) is 16.9. The Hall–Kier alpha value is -3.30. The van der Waals surface area contributed by atoms with Crippen LogP contribution in [0.15, 0.2) is 48.7 Å². The van der Waals surface area contributed by atoms with E-state index >= 15 is 0 Å². The second-order valence-electron chi connectivity index (χ2n) is 9.31. The Labute approximate surface area is 208 Å². The topological polar surface area (TPSA) is 89.9 Å². The minimum Gasteiger partial charge on any atom is -0.478 e. The lowest BCUT2D eigenvalue weighted by molar-refractivity contribution is -0.134. The van der Waals surface area contributed by atoms with Gasteiger partial charge < -0.3 is 14.9 Å². The molecule has 5 rings (SSSR count). The fourth-order valence-corrected chi connectivity index (χ4v) is 5.94. The number of aromatic nitrogens is 2. The third-order valence-electron chi connectivity index (χ3n) is 6.85. The van der Waals surface area contributed by atoms with Crippen molar-refractivity contribution in [2.75, 3.05) is 31.1 Å². The van der Waals surface area contributed by atoms with E-state index in [0.717, 1.165) is 41.6 Å². The number of nitrogens with zero attached hydrogens (tertiary/aromatic N) is 5. The minimum absolute atomic E-state index is 0.154. The number of anilines is 1. The number of rotatable bonds is 5. The molecule has 2 aromatic heterocycles. The van der Waals surface area contributed by atoms with Crippen LogP contribution in [-0.2, 0) is 17.8 Å². The Morgan fingerprint density at radius 3 is 2.60 bits per heavy atom. The van der Waals surface area contributed by atoms with Gasteiger partial charge >= 0.3 is 5.97 Å². The molecule has 0 unspecified atom stereocenters. The van der Waals surface area contributed by atoms with Crippen LogP contribution >= 0.6 is 11.3 Å². The summed E-state index contributed by atoms with van der Waals surface area (Å²) in [7, 11) is 0. The zero-order chi connectivity index (χ0) is 24.5. The molecule has 8 nitrogen and oxygen atoms in total. The summed E-state index contributed by atoms with van der Waals surface area (Å²) in [5, 5.41) is 10.1. The maximum absolute atomic E-state index is 13.2. The number of carboxylic acid groups (broad SMARTS) is 1. The van der Waals surface area contributed by atoms with Gasteiger partial charge in [0.1, 0.15) is 10.8 Å². The van der Waals surface area contributed by atoms with Gasteiger partial charge in [-0.25, -0.2) is 14.8 Å². The van der Waals surface area contributed by atoms with Crippen molar-refractivity contribution in [1.29, 1.82) is 0 Å². The van der Waals surface area contributed by atoms with Gasteiger partial charge in [0.05, 0.1) is 24.3 Å². The highest BCUT2D eigenvalue weighted by atomic mass is 32.1. The van der Waals surface area contributed by atoms with E-state index in [1.807, 2.05) is 23.1 Å². The number of pyridine rings is 1. The van der Waals surface area contributed by atoms with E-state index in [0.29, 0.717) is 19.6 Å². The predicted octanol–water partition coefficient (Wildman–Crippen LogP) is 3.39. The van der Waals surface area contributed by atoms with Crippen LogP contribution in [0.25, 0.3) is 10.6 Å². The highest BCUT2D eigenvalue weighted by molar-refractivity contribution is 7.15. The summed E-state index contributed by atoms with van der Waals surface area (Å²) >= 11 is 1.69. The molecule has 1 fully saturated rings. The van der Waals surface area contributed by atoms with Crippen molar-refractivity contribution in [3.05, 3.63) is 64.8 Å². The minimum atomic E-state index is -0.978. The van der Waals surface area contributed by atoms with Gasteiger partial charge in [0, 0.05) is 54.8 Å². The molecule has 0 bridgehead atoms. The SMILES string of the molecule is C[C@@H]1CN(CC(=O)N2CCc3nc(-c4ccccc4)sc3C2)[C@@H](C)CN1c1ccc(C(=O)O)cn1. The lowest BCUT2D eigenvalue weighted by Crippen LogP contribution is -2.58. The molecular formula is C26H29N5O3S. The molecule has 1 N–H and O–H groups in total. The molecule has 0 aliphatic carbocycles. The summed E-state index contributed by atoms with van der Waals surface area (Å²) in [5.74, 6) is -0.0571. The molecule has 2 aliphatic heterocycles. The van der Waals surface area contributed by atoms with Crippen LogP contribution in [0.5, 0.6) is 0 Å². The van der Waals surface area contributed by atoms with Crippen molar-refractivity contribution >= 4 is 29.0 Å². The maximum atomic E-state index is 13.2. The third kappa shape index (κ3) is 4.92. The third-order valence-corrected chi connectivity index (χ3v) is 7.98. The molecule has 0 radical (unpaired) electrons. The Bertz CT molecular complexity index is 1210. The van der Waals surface area contributed by atoms with Crippen molar-refractivity contribution < 1.29 is 14.7 Å². The number of carboxylic acids is 1. The molecule has 9 heteroatoms. The molecule has 4 heterocycles. The first-order valence-electron chi connectivity index (χ1n) is 11.9. The van der Waals surface area contributed by atoms with E-state index in [1.54, 1.807) is 23.5 Å². The van der Waals surface area contributed by atoms with Crippen molar-refractivity contribution in [2.45, 2.75) is 38.9 Å². The number of hydrogen-bond acceptors (Lipinski definition) is 7. The van der Waals surface area contributed by atoms with Gasteiger partial charge in [0.2, 0.25) is 5.91 Å². The number of fused-ring (bicyclic) bond motifs is 1. The average molecular weight is 492 g/mol. The summed E-state index contributed by atoms with van der Waals surface area (Å²) < 4.78 is 0. The summed E-state index contributed by atoms with van der Waals surface area (Å²) in [6, 6.07) is 13.9. The maximum Gasteiger partial charge on any atom is 0.337 e. The van der Waals surface area contributed by atoms with Gasteiger partial charge in [-0.05, 0) is 26.0 Å². The van der Waals surface area contributed by atoms with Crippen LogP contribution in [0.1, 0.15) is 34.8 Å². The number of carbonyl (C=O) groups is 2. The smallest absolute Gasteiger partial charge is 0.337 e. The molecule has 35 heavy (non-hydrogen) atoms. The molecule has 1 saturated heterocycles. The highest BCUT2D eigenvalue weighted by Gasteiger charge is 2.33. The molecule has 1 aromatic carbocycles. The first-order valence-corrected chi connectivity index (χ1v) is 12.7. The van der Waals surface area contributed by atoms with Crippen LogP contribution in [-0.4, -0.2) is 75.0 Å². The van der Waals surface area contributed by atoms with E-state index < -0.39 is 5.97 Å². The molecule has 1 amide bonds. The summed E-state index contributed by atoms with van der Waals surface area (Å²) in [5.41, 5.74) is 2.42. The van der Waals surface area contributed by atoms with Crippen LogP contribution in [0, 0.1) is 0 Å². The molecule has 2 atom stereocenters. The zero-order valence-corrected chi connectivity index (χ0v) is 20.7. The number of carbonyl (C=O) groups excluding carboxylic acids is 1. The van der Waals surface area contributed by atoms with E-state index in [1.165, 1.54) is 11.1 Å². The van der Waals surface area contributed by atoms with Crippen molar-refractivity contribution in [3.63, 3.8) is 0 Å². The van der Waals surface area contributed by atoms with Crippen LogP contribution in [0.2, 0.25) is 0 Å². The van der Waals surface area contributed by atoms with Crippen molar-refractivity contribution in [3.8, 4) is 10.6 Å². The summed E-state index contributed by atoms with van der Waals surface area (Å²) in [6.45, 7) is 7.44. The largest absolute Gasteiger partial charge is 0.478 e. The first kappa shape index (κ1) is 23.4. The van der Waals surface area contributed by atoms with Crippen LogP contribution < -0.4 is 4.90 Å². The van der Waals surface area contributed by atoms with E-state index in [9.17, 15) is 9.59 Å². The lowest BCUT2D eigenvalue weighted by atomic mass is 10.1. The second kappa shape index (κ2) is 9.75. The van der Waals surface area contributed by atoms with Crippen LogP contribution in [0.3, 0.4) is 0 Å². The van der Waals surface area contributed by atoms with Crippen molar-refractivity contribution in [2.24, 2.45) is 0 Å². The van der Waals surface area contributed by atoms with Crippen molar-refractivity contribution in [1.82, 2.24) is 19.8 Å². The van der Waals surface area contributed by atoms with Gasteiger partial charge in [-0.15, -0.1) is 11.3 Å². The lowest BCUT2D eigenvalue weighted by Gasteiger charge is -2.45. The van der Waals surface area contributed by atoms with Gasteiger partial charge in [0.25, 0.3) is 0 Å². The Morgan fingerprint density at radius 2 is 1.89 bits per heavy atom. The van der Waals surface area contributed by atoms with Gasteiger partial charge in [-0.3, -0.25) is 9.69 Å². The van der Waals surface area contributed by atoms with E-state index in [-0.39, 0.29) is 23.6 Å². The Balaban J connectivity index is 1.21. The summed E-state index contributed by atoms with van der Waals surface area (Å²) in [4.78, 5) is 41.1. The Morgan fingerprint density at radius 1 is 1.09 bits per heavy atom. The Kier molecular flexibility index (Phi) is 6.53. The van der Waals surface area contributed by atoms with Gasteiger partial charge in [-0.2, -0.15) is 0 Å². The zero-order valence-electron chi connectivity index (χ0n) is 19.9. The standard InChI is InChI=1S/C26H29N5O3S/c1-17-14-31(23-9-8-20(12-27-23)26(33)34)18(2)13-30(17)16-24(32)29-11-10-21-22(15-29)35-25(28-21)19-6-4-3-5-7-19/h3-9,12,17-18H,10-11,13-16H2,1-2H3,(H,33,34)/t17-,18+/m0/s1. The molecule has 2 aliphatic rings. The highest BCUT2D eigenvalue weighted by Crippen LogP contribution is 2.32. The van der Waals surface area contributed by atoms with E-state index in [4.69, 9.17) is 10.1 Å². The molecule has 3 aromatic rings. The summed E-state index contributed by atoms with van der Waals surface area (Å²) in [6.07, 6.45) is 2.19.